The third-order valence-electron chi connectivity index (χ3n) is 3.38. The lowest BCUT2D eigenvalue weighted by Gasteiger charge is -2.15. The summed E-state index contributed by atoms with van der Waals surface area (Å²) < 4.78 is 5.00. The van der Waals surface area contributed by atoms with E-state index in [-0.39, 0.29) is 22.8 Å². The zero-order valence-corrected chi connectivity index (χ0v) is 14.3. The number of rotatable bonds is 5. The van der Waals surface area contributed by atoms with Crippen molar-refractivity contribution in [2.75, 3.05) is 5.32 Å². The number of furan rings is 1. The van der Waals surface area contributed by atoms with E-state index in [4.69, 9.17) is 16.6 Å². The lowest BCUT2D eigenvalue weighted by atomic mass is 10.1. The Hall–Kier alpha value is -2.67. The molecule has 0 aliphatic carbocycles. The summed E-state index contributed by atoms with van der Waals surface area (Å²) in [6.45, 7) is 3.93. The molecule has 0 spiro atoms. The van der Waals surface area contributed by atoms with Crippen LogP contribution in [-0.4, -0.2) is 23.0 Å². The molecule has 3 N–H and O–H groups in total. The first-order valence-electron chi connectivity index (χ1n) is 7.57. The van der Waals surface area contributed by atoms with Crippen LogP contribution in [0.2, 0.25) is 0 Å². The summed E-state index contributed by atoms with van der Waals surface area (Å²) in [6.07, 6.45) is 2.23. The minimum Gasteiger partial charge on any atom is -0.459 e. The molecule has 1 aromatic heterocycles. The van der Waals surface area contributed by atoms with E-state index in [2.05, 4.69) is 16.0 Å². The molecule has 7 heteroatoms. The Balaban J connectivity index is 2.05. The molecule has 0 saturated heterocycles. The van der Waals surface area contributed by atoms with Crippen LogP contribution in [0.4, 0.5) is 5.69 Å². The van der Waals surface area contributed by atoms with Gasteiger partial charge in [-0.2, -0.15) is 0 Å². The second kappa shape index (κ2) is 8.26. The summed E-state index contributed by atoms with van der Waals surface area (Å²) in [7, 11) is 0. The summed E-state index contributed by atoms with van der Waals surface area (Å²) >= 11 is 5.13. The maximum Gasteiger partial charge on any atom is 0.293 e. The number of hydrogen-bond donors (Lipinski definition) is 3. The molecule has 0 aliphatic rings. The van der Waals surface area contributed by atoms with Crippen molar-refractivity contribution < 1.29 is 14.0 Å². The smallest absolute Gasteiger partial charge is 0.293 e. The minimum atomic E-state index is -0.459. The van der Waals surface area contributed by atoms with E-state index in [1.165, 1.54) is 12.3 Å². The van der Waals surface area contributed by atoms with E-state index in [0.29, 0.717) is 11.3 Å². The Labute approximate surface area is 145 Å². The van der Waals surface area contributed by atoms with Crippen molar-refractivity contribution in [3.05, 3.63) is 54.0 Å². The SMILES string of the molecule is CCC(C)NC(=O)c1ccccc1NC(=S)NC(=O)c1ccco1. The number of nitrogens with one attached hydrogen (secondary N) is 3. The van der Waals surface area contributed by atoms with Crippen LogP contribution < -0.4 is 16.0 Å². The Bertz CT molecular complexity index is 728. The number of para-hydroxylation sites is 1. The van der Waals surface area contributed by atoms with Crippen molar-refractivity contribution in [3.63, 3.8) is 0 Å². The van der Waals surface area contributed by atoms with Gasteiger partial charge in [-0.15, -0.1) is 0 Å². The maximum atomic E-state index is 12.3. The van der Waals surface area contributed by atoms with Crippen LogP contribution in [0.15, 0.2) is 47.1 Å². The highest BCUT2D eigenvalue weighted by Gasteiger charge is 2.15. The van der Waals surface area contributed by atoms with Gasteiger partial charge in [-0.3, -0.25) is 14.9 Å². The van der Waals surface area contributed by atoms with Gasteiger partial charge in [-0.1, -0.05) is 19.1 Å². The van der Waals surface area contributed by atoms with Gasteiger partial charge in [0.25, 0.3) is 11.8 Å². The molecular weight excluding hydrogens is 326 g/mol. The zero-order valence-electron chi connectivity index (χ0n) is 13.5. The van der Waals surface area contributed by atoms with E-state index in [1.54, 1.807) is 30.3 Å². The fraction of sp³-hybridized carbons (Fsp3) is 0.235. The molecule has 1 heterocycles. The molecule has 24 heavy (non-hydrogen) atoms. The summed E-state index contributed by atoms with van der Waals surface area (Å²) in [5, 5.41) is 8.36. The van der Waals surface area contributed by atoms with Gasteiger partial charge >= 0.3 is 0 Å². The average molecular weight is 345 g/mol. The zero-order chi connectivity index (χ0) is 17.5. The van der Waals surface area contributed by atoms with E-state index in [0.717, 1.165) is 6.42 Å². The molecule has 2 amide bonds. The first kappa shape index (κ1) is 17.7. The molecule has 1 aromatic carbocycles. The Morgan fingerprint density at radius 1 is 1.17 bits per heavy atom. The first-order valence-corrected chi connectivity index (χ1v) is 7.97. The first-order chi connectivity index (χ1) is 11.5. The van der Waals surface area contributed by atoms with Gasteiger partial charge in [0.05, 0.1) is 17.5 Å². The van der Waals surface area contributed by atoms with Crippen molar-refractivity contribution in [1.29, 1.82) is 0 Å². The maximum absolute atomic E-state index is 12.3. The van der Waals surface area contributed by atoms with Crippen molar-refractivity contribution in [2.24, 2.45) is 0 Å². The molecule has 1 atom stereocenters. The lowest BCUT2D eigenvalue weighted by Crippen LogP contribution is -2.36. The highest BCUT2D eigenvalue weighted by molar-refractivity contribution is 7.80. The van der Waals surface area contributed by atoms with Crippen LogP contribution in [0.5, 0.6) is 0 Å². The fourth-order valence-electron chi connectivity index (χ4n) is 1.92. The van der Waals surface area contributed by atoms with E-state index >= 15 is 0 Å². The molecule has 2 rings (SSSR count). The third kappa shape index (κ3) is 4.66. The number of anilines is 1. The normalized spacial score (nSPS) is 11.4. The largest absolute Gasteiger partial charge is 0.459 e. The molecular formula is C17H19N3O3S. The molecule has 0 fully saturated rings. The highest BCUT2D eigenvalue weighted by Crippen LogP contribution is 2.15. The van der Waals surface area contributed by atoms with Crippen LogP contribution in [0.1, 0.15) is 41.2 Å². The molecule has 6 nitrogen and oxygen atoms in total. The lowest BCUT2D eigenvalue weighted by molar-refractivity contribution is 0.0936. The Morgan fingerprint density at radius 2 is 1.92 bits per heavy atom. The second-order valence-corrected chi connectivity index (χ2v) is 5.62. The predicted octanol–water partition coefficient (Wildman–Crippen LogP) is 2.93. The molecule has 2 aromatic rings. The second-order valence-electron chi connectivity index (χ2n) is 5.21. The number of hydrogen-bond acceptors (Lipinski definition) is 4. The van der Waals surface area contributed by atoms with Gasteiger partial charge in [-0.25, -0.2) is 0 Å². The van der Waals surface area contributed by atoms with Crippen molar-refractivity contribution >= 4 is 34.8 Å². The fourth-order valence-corrected chi connectivity index (χ4v) is 2.12. The number of carbonyl (C=O) groups excluding carboxylic acids is 2. The summed E-state index contributed by atoms with van der Waals surface area (Å²) in [5.74, 6) is -0.506. The van der Waals surface area contributed by atoms with Crippen LogP contribution in [0, 0.1) is 0 Å². The molecule has 0 saturated carbocycles. The highest BCUT2D eigenvalue weighted by atomic mass is 32.1. The van der Waals surface area contributed by atoms with Crippen molar-refractivity contribution in [1.82, 2.24) is 10.6 Å². The summed E-state index contributed by atoms with van der Waals surface area (Å²) in [6, 6.07) is 10.2. The standard InChI is InChI=1S/C17H19N3O3S/c1-3-11(2)18-15(21)12-7-4-5-8-13(12)19-17(24)20-16(22)14-9-6-10-23-14/h4-11H,3H2,1-2H3,(H,18,21)(H2,19,20,22,24). The number of amides is 2. The van der Waals surface area contributed by atoms with E-state index in [9.17, 15) is 9.59 Å². The van der Waals surface area contributed by atoms with Crippen molar-refractivity contribution in [3.8, 4) is 0 Å². The third-order valence-corrected chi connectivity index (χ3v) is 3.59. The van der Waals surface area contributed by atoms with Gasteiger partial charge in [0.15, 0.2) is 10.9 Å². The average Bonchev–Trinajstić information content (AvgIpc) is 3.09. The Kier molecular flexibility index (Phi) is 6.08. The van der Waals surface area contributed by atoms with Gasteiger partial charge in [0.1, 0.15) is 0 Å². The number of thiocarbonyl (C=S) groups is 1. The molecule has 1 unspecified atom stereocenters. The van der Waals surface area contributed by atoms with Gasteiger partial charge in [0.2, 0.25) is 0 Å². The van der Waals surface area contributed by atoms with Crippen molar-refractivity contribution in [2.45, 2.75) is 26.3 Å². The number of carbonyl (C=O) groups is 2. The quantitative estimate of drug-likeness (QED) is 0.726. The topological polar surface area (TPSA) is 83.4 Å². The van der Waals surface area contributed by atoms with Gasteiger partial charge < -0.3 is 15.1 Å². The van der Waals surface area contributed by atoms with E-state index < -0.39 is 5.91 Å². The molecule has 126 valence electrons. The summed E-state index contributed by atoms with van der Waals surface area (Å²) in [5.41, 5.74) is 0.968. The Morgan fingerprint density at radius 3 is 2.58 bits per heavy atom. The monoisotopic (exact) mass is 345 g/mol. The summed E-state index contributed by atoms with van der Waals surface area (Å²) in [4.78, 5) is 24.2. The number of benzene rings is 1. The van der Waals surface area contributed by atoms with Gasteiger partial charge in [-0.05, 0) is 49.8 Å². The minimum absolute atomic E-state index is 0.0659. The van der Waals surface area contributed by atoms with Gasteiger partial charge in [0, 0.05) is 6.04 Å². The van der Waals surface area contributed by atoms with E-state index in [1.807, 2.05) is 13.8 Å². The molecule has 0 radical (unpaired) electrons. The van der Waals surface area contributed by atoms with Crippen LogP contribution in [-0.2, 0) is 0 Å². The van der Waals surface area contributed by atoms with Crippen LogP contribution >= 0.6 is 12.2 Å². The molecule has 0 aliphatic heterocycles. The van der Waals surface area contributed by atoms with Crippen LogP contribution in [0.3, 0.4) is 0 Å². The predicted molar refractivity (Wildman–Crippen MR) is 96.1 cm³/mol. The molecule has 0 bridgehead atoms. The van der Waals surface area contributed by atoms with Crippen LogP contribution in [0.25, 0.3) is 0 Å².